The normalized spacial score (nSPS) is 14.3. The van der Waals surface area contributed by atoms with Crippen molar-refractivity contribution in [2.24, 2.45) is 0 Å². The molecule has 2 aromatic carbocycles. The van der Waals surface area contributed by atoms with Crippen LogP contribution in [0, 0.1) is 10.1 Å². The summed E-state index contributed by atoms with van der Waals surface area (Å²) in [6.07, 6.45) is 0. The molecule has 3 aromatic rings. The third-order valence-corrected chi connectivity index (χ3v) is 5.23. The summed E-state index contributed by atoms with van der Waals surface area (Å²) in [4.78, 5) is 29.2. The number of anilines is 1. The van der Waals surface area contributed by atoms with E-state index in [0.29, 0.717) is 19.0 Å². The van der Waals surface area contributed by atoms with Crippen LogP contribution in [0.15, 0.2) is 42.5 Å². The Balaban J connectivity index is 1.51. The number of morpholine rings is 1. The number of hydrogen-bond donors (Lipinski definition) is 0. The molecular formula is C18H15N3O5S. The summed E-state index contributed by atoms with van der Waals surface area (Å²) < 4.78 is 11.7. The summed E-state index contributed by atoms with van der Waals surface area (Å²) >= 11 is 1.54. The van der Waals surface area contributed by atoms with E-state index in [2.05, 4.69) is 9.88 Å². The number of thiazole rings is 1. The van der Waals surface area contributed by atoms with Crippen molar-refractivity contribution in [1.82, 2.24) is 4.98 Å². The second-order valence-corrected chi connectivity index (χ2v) is 6.93. The number of nitro groups is 1. The molecule has 0 spiro atoms. The first-order chi connectivity index (χ1) is 13.1. The predicted molar refractivity (Wildman–Crippen MR) is 101 cm³/mol. The van der Waals surface area contributed by atoms with Crippen LogP contribution in [0.3, 0.4) is 0 Å². The van der Waals surface area contributed by atoms with E-state index in [0.717, 1.165) is 28.4 Å². The number of aromatic nitrogens is 1. The minimum Gasteiger partial charge on any atom is -0.423 e. The summed E-state index contributed by atoms with van der Waals surface area (Å²) in [7, 11) is 0. The monoisotopic (exact) mass is 385 g/mol. The minimum absolute atomic E-state index is 0.0757. The van der Waals surface area contributed by atoms with Gasteiger partial charge in [0.15, 0.2) is 5.13 Å². The third-order valence-electron chi connectivity index (χ3n) is 4.15. The van der Waals surface area contributed by atoms with E-state index < -0.39 is 10.9 Å². The highest BCUT2D eigenvalue weighted by molar-refractivity contribution is 7.22. The summed E-state index contributed by atoms with van der Waals surface area (Å²) in [5.74, 6) is -0.162. The van der Waals surface area contributed by atoms with Gasteiger partial charge >= 0.3 is 5.97 Å². The highest BCUT2D eigenvalue weighted by Gasteiger charge is 2.16. The quantitative estimate of drug-likeness (QED) is 0.294. The average Bonchev–Trinajstić information content (AvgIpc) is 3.12. The first-order valence-electron chi connectivity index (χ1n) is 8.30. The number of esters is 1. The fraction of sp³-hybridized carbons (Fsp3) is 0.222. The van der Waals surface area contributed by atoms with Gasteiger partial charge in [-0.25, -0.2) is 9.78 Å². The molecule has 1 saturated heterocycles. The molecule has 0 amide bonds. The first kappa shape index (κ1) is 17.4. The molecule has 0 unspecified atom stereocenters. The van der Waals surface area contributed by atoms with Crippen LogP contribution >= 0.6 is 11.3 Å². The van der Waals surface area contributed by atoms with Gasteiger partial charge in [0.1, 0.15) is 5.75 Å². The maximum absolute atomic E-state index is 12.3. The summed E-state index contributed by atoms with van der Waals surface area (Å²) in [6, 6.07) is 10.6. The molecule has 0 atom stereocenters. The maximum Gasteiger partial charge on any atom is 0.343 e. The fourth-order valence-corrected chi connectivity index (χ4v) is 3.78. The third kappa shape index (κ3) is 3.74. The van der Waals surface area contributed by atoms with Crippen LogP contribution in [0.4, 0.5) is 10.8 Å². The number of nitrogens with zero attached hydrogens (tertiary/aromatic N) is 3. The number of fused-ring (bicyclic) bond motifs is 1. The molecule has 9 heteroatoms. The lowest BCUT2D eigenvalue weighted by molar-refractivity contribution is -0.384. The Labute approximate surface area is 158 Å². The zero-order valence-corrected chi connectivity index (χ0v) is 15.0. The van der Waals surface area contributed by atoms with Gasteiger partial charge in [0.05, 0.1) is 33.9 Å². The van der Waals surface area contributed by atoms with Gasteiger partial charge in [-0.15, -0.1) is 0 Å². The second-order valence-electron chi connectivity index (χ2n) is 5.92. The number of non-ortho nitro benzene ring substituents is 1. The number of ether oxygens (including phenoxy) is 2. The topological polar surface area (TPSA) is 94.8 Å². The van der Waals surface area contributed by atoms with Crippen LogP contribution < -0.4 is 9.64 Å². The molecule has 1 aromatic heterocycles. The Bertz CT molecular complexity index is 996. The average molecular weight is 385 g/mol. The molecule has 1 aliphatic heterocycles. The zero-order chi connectivity index (χ0) is 18.8. The highest BCUT2D eigenvalue weighted by atomic mass is 32.1. The molecule has 0 bridgehead atoms. The van der Waals surface area contributed by atoms with Gasteiger partial charge in [0.2, 0.25) is 0 Å². The number of nitro benzene ring substituents is 1. The number of carbonyl (C=O) groups is 1. The highest BCUT2D eigenvalue weighted by Crippen LogP contribution is 2.32. The molecule has 1 aliphatic rings. The van der Waals surface area contributed by atoms with Crippen LogP contribution in [0.1, 0.15) is 10.4 Å². The molecule has 2 heterocycles. The van der Waals surface area contributed by atoms with Crippen LogP contribution in [-0.4, -0.2) is 42.2 Å². The van der Waals surface area contributed by atoms with E-state index in [1.165, 1.54) is 35.6 Å². The van der Waals surface area contributed by atoms with E-state index >= 15 is 0 Å². The first-order valence-corrected chi connectivity index (χ1v) is 9.12. The zero-order valence-electron chi connectivity index (χ0n) is 14.2. The lowest BCUT2D eigenvalue weighted by atomic mass is 10.2. The summed E-state index contributed by atoms with van der Waals surface area (Å²) in [6.45, 7) is 2.99. The van der Waals surface area contributed by atoms with E-state index in [4.69, 9.17) is 9.47 Å². The predicted octanol–water partition coefficient (Wildman–Crippen LogP) is 3.26. The van der Waals surface area contributed by atoms with Gasteiger partial charge in [0.25, 0.3) is 5.69 Å². The molecule has 0 aliphatic carbocycles. The van der Waals surface area contributed by atoms with Crippen molar-refractivity contribution in [2.45, 2.75) is 0 Å². The molecule has 8 nitrogen and oxygen atoms in total. The lowest BCUT2D eigenvalue weighted by Gasteiger charge is -2.25. The molecule has 0 saturated carbocycles. The van der Waals surface area contributed by atoms with Gasteiger partial charge in [-0.1, -0.05) is 11.3 Å². The molecular weight excluding hydrogens is 370 g/mol. The maximum atomic E-state index is 12.3. The second kappa shape index (κ2) is 7.29. The molecule has 0 radical (unpaired) electrons. The fourth-order valence-electron chi connectivity index (χ4n) is 2.73. The number of benzene rings is 2. The van der Waals surface area contributed by atoms with Crippen molar-refractivity contribution in [3.05, 3.63) is 58.1 Å². The van der Waals surface area contributed by atoms with Crippen LogP contribution in [0.25, 0.3) is 10.2 Å². The lowest BCUT2D eigenvalue weighted by Crippen LogP contribution is -2.36. The van der Waals surface area contributed by atoms with Crippen molar-refractivity contribution in [3.63, 3.8) is 0 Å². The molecule has 27 heavy (non-hydrogen) atoms. The Morgan fingerprint density at radius 3 is 2.63 bits per heavy atom. The summed E-state index contributed by atoms with van der Waals surface area (Å²) in [5.41, 5.74) is 1.02. The van der Waals surface area contributed by atoms with Gasteiger partial charge < -0.3 is 14.4 Å². The van der Waals surface area contributed by atoms with Gasteiger partial charge in [-0.05, 0) is 24.3 Å². The molecule has 0 N–H and O–H groups in total. The Morgan fingerprint density at radius 1 is 1.19 bits per heavy atom. The van der Waals surface area contributed by atoms with Crippen LogP contribution in [0.2, 0.25) is 0 Å². The molecule has 4 rings (SSSR count). The van der Waals surface area contributed by atoms with E-state index in [1.54, 1.807) is 12.1 Å². The summed E-state index contributed by atoms with van der Waals surface area (Å²) in [5, 5.41) is 11.6. The van der Waals surface area contributed by atoms with Gasteiger partial charge in [-0.3, -0.25) is 10.1 Å². The van der Waals surface area contributed by atoms with Crippen molar-refractivity contribution in [1.29, 1.82) is 0 Å². The van der Waals surface area contributed by atoms with Gasteiger partial charge in [0, 0.05) is 31.3 Å². The number of hydrogen-bond acceptors (Lipinski definition) is 8. The van der Waals surface area contributed by atoms with E-state index in [9.17, 15) is 14.9 Å². The SMILES string of the molecule is O=C(Oc1ccc2nc(N3CCOCC3)sc2c1)c1ccc([N+](=O)[O-])cc1. The number of carbonyl (C=O) groups excluding carboxylic acids is 1. The van der Waals surface area contributed by atoms with Crippen molar-refractivity contribution < 1.29 is 19.2 Å². The Morgan fingerprint density at radius 2 is 1.93 bits per heavy atom. The van der Waals surface area contributed by atoms with E-state index in [-0.39, 0.29) is 11.3 Å². The number of rotatable bonds is 4. The van der Waals surface area contributed by atoms with Crippen LogP contribution in [-0.2, 0) is 4.74 Å². The largest absolute Gasteiger partial charge is 0.423 e. The standard InChI is InChI=1S/C18H15N3O5S/c22-17(12-1-3-13(4-2-12)21(23)24)26-14-5-6-15-16(11-14)27-18(19-15)20-7-9-25-10-8-20/h1-6,11H,7-10H2. The van der Waals surface area contributed by atoms with Crippen molar-refractivity contribution in [2.75, 3.05) is 31.2 Å². The van der Waals surface area contributed by atoms with Crippen LogP contribution in [0.5, 0.6) is 5.75 Å². The van der Waals surface area contributed by atoms with Crippen molar-refractivity contribution >= 4 is 38.3 Å². The smallest absolute Gasteiger partial charge is 0.343 e. The Hall–Kier alpha value is -3.04. The minimum atomic E-state index is -0.567. The Kier molecular flexibility index (Phi) is 4.69. The van der Waals surface area contributed by atoms with E-state index in [1.807, 2.05) is 6.07 Å². The molecule has 138 valence electrons. The molecule has 1 fully saturated rings. The van der Waals surface area contributed by atoms with Crippen molar-refractivity contribution in [3.8, 4) is 5.75 Å². The van der Waals surface area contributed by atoms with Gasteiger partial charge in [-0.2, -0.15) is 0 Å².